The van der Waals surface area contributed by atoms with Crippen molar-refractivity contribution < 1.29 is 9.53 Å². The van der Waals surface area contributed by atoms with Crippen LogP contribution in [0.3, 0.4) is 0 Å². The topological polar surface area (TPSA) is 50.4 Å². The molecule has 0 radical (unpaired) electrons. The van der Waals surface area contributed by atoms with Crippen LogP contribution in [-0.2, 0) is 10.2 Å². The van der Waals surface area contributed by atoms with Gasteiger partial charge in [0.15, 0.2) is 6.61 Å². The van der Waals surface area contributed by atoms with E-state index in [1.54, 1.807) is 0 Å². The quantitative estimate of drug-likeness (QED) is 0.837. The first-order chi connectivity index (χ1) is 9.32. The van der Waals surface area contributed by atoms with Crippen molar-refractivity contribution in [1.29, 1.82) is 0 Å². The predicted molar refractivity (Wildman–Crippen MR) is 82.2 cm³/mol. The molecule has 0 saturated carbocycles. The van der Waals surface area contributed by atoms with Crippen molar-refractivity contribution in [1.82, 2.24) is 10.6 Å². The highest BCUT2D eigenvalue weighted by Gasteiger charge is 2.13. The SMILES string of the molecule is CNC(C)CNC(=O)COc1ccc(C(C)(C)C)cc1. The van der Waals surface area contributed by atoms with Gasteiger partial charge in [-0.15, -0.1) is 0 Å². The van der Waals surface area contributed by atoms with E-state index in [9.17, 15) is 4.79 Å². The van der Waals surface area contributed by atoms with Gasteiger partial charge in [-0.25, -0.2) is 0 Å². The fourth-order valence-electron chi connectivity index (χ4n) is 1.62. The number of carbonyl (C=O) groups is 1. The van der Waals surface area contributed by atoms with E-state index in [4.69, 9.17) is 4.74 Å². The normalized spacial score (nSPS) is 12.8. The Morgan fingerprint density at radius 1 is 1.25 bits per heavy atom. The highest BCUT2D eigenvalue weighted by molar-refractivity contribution is 5.77. The minimum Gasteiger partial charge on any atom is -0.484 e. The number of benzene rings is 1. The molecule has 0 fully saturated rings. The molecule has 0 saturated heterocycles. The molecule has 112 valence electrons. The van der Waals surface area contributed by atoms with Gasteiger partial charge in [-0.1, -0.05) is 32.9 Å². The summed E-state index contributed by atoms with van der Waals surface area (Å²) in [6, 6.07) is 8.14. The van der Waals surface area contributed by atoms with E-state index in [0.717, 1.165) is 5.75 Å². The molecule has 1 aromatic rings. The lowest BCUT2D eigenvalue weighted by Crippen LogP contribution is -2.39. The van der Waals surface area contributed by atoms with Crippen LogP contribution in [0.4, 0.5) is 0 Å². The molecule has 0 spiro atoms. The van der Waals surface area contributed by atoms with Gasteiger partial charge in [0, 0.05) is 12.6 Å². The van der Waals surface area contributed by atoms with Crippen LogP contribution in [0.5, 0.6) is 5.75 Å². The first-order valence-electron chi connectivity index (χ1n) is 7.00. The highest BCUT2D eigenvalue weighted by Crippen LogP contribution is 2.24. The van der Waals surface area contributed by atoms with Crippen LogP contribution in [0.1, 0.15) is 33.3 Å². The Morgan fingerprint density at radius 3 is 2.35 bits per heavy atom. The smallest absolute Gasteiger partial charge is 0.257 e. The Balaban J connectivity index is 2.40. The molecule has 0 aliphatic heterocycles. The van der Waals surface area contributed by atoms with Gasteiger partial charge in [0.1, 0.15) is 5.75 Å². The van der Waals surface area contributed by atoms with Crippen molar-refractivity contribution in [3.05, 3.63) is 29.8 Å². The number of hydrogen-bond acceptors (Lipinski definition) is 3. The number of nitrogens with one attached hydrogen (secondary N) is 2. The summed E-state index contributed by atoms with van der Waals surface area (Å²) < 4.78 is 5.47. The zero-order valence-electron chi connectivity index (χ0n) is 13.1. The monoisotopic (exact) mass is 278 g/mol. The minimum atomic E-state index is -0.105. The van der Waals surface area contributed by atoms with Crippen LogP contribution in [0.15, 0.2) is 24.3 Å². The molecular formula is C16H26N2O2. The van der Waals surface area contributed by atoms with Gasteiger partial charge >= 0.3 is 0 Å². The van der Waals surface area contributed by atoms with Gasteiger partial charge in [0.05, 0.1) is 0 Å². The molecule has 1 unspecified atom stereocenters. The maximum Gasteiger partial charge on any atom is 0.257 e. The summed E-state index contributed by atoms with van der Waals surface area (Å²) in [5.41, 5.74) is 1.37. The molecule has 0 heterocycles. The van der Waals surface area contributed by atoms with Crippen molar-refractivity contribution >= 4 is 5.91 Å². The fourth-order valence-corrected chi connectivity index (χ4v) is 1.62. The fraction of sp³-hybridized carbons (Fsp3) is 0.562. The molecule has 4 nitrogen and oxygen atoms in total. The van der Waals surface area contributed by atoms with Crippen molar-refractivity contribution in [3.63, 3.8) is 0 Å². The summed E-state index contributed by atoms with van der Waals surface area (Å²) in [5.74, 6) is 0.613. The van der Waals surface area contributed by atoms with E-state index in [0.29, 0.717) is 6.54 Å². The van der Waals surface area contributed by atoms with E-state index in [1.807, 2.05) is 38.2 Å². The van der Waals surface area contributed by atoms with E-state index < -0.39 is 0 Å². The van der Waals surface area contributed by atoms with Crippen molar-refractivity contribution in [2.45, 2.75) is 39.2 Å². The molecule has 0 aliphatic rings. The Bertz CT molecular complexity index is 421. The Kier molecular flexibility index (Phi) is 6.02. The van der Waals surface area contributed by atoms with Gasteiger partial charge < -0.3 is 15.4 Å². The third-order valence-electron chi connectivity index (χ3n) is 3.19. The zero-order valence-corrected chi connectivity index (χ0v) is 13.1. The molecule has 20 heavy (non-hydrogen) atoms. The number of ether oxygens (including phenoxy) is 1. The molecule has 2 N–H and O–H groups in total. The first kappa shape index (κ1) is 16.5. The lowest BCUT2D eigenvalue weighted by Gasteiger charge is -2.19. The summed E-state index contributed by atoms with van der Waals surface area (Å²) in [6.45, 7) is 9.15. The molecule has 1 rings (SSSR count). The number of carbonyl (C=O) groups excluding carboxylic acids is 1. The van der Waals surface area contributed by atoms with Gasteiger partial charge in [0.25, 0.3) is 5.91 Å². The maximum atomic E-state index is 11.6. The van der Waals surface area contributed by atoms with Crippen molar-refractivity contribution in [2.24, 2.45) is 0 Å². The van der Waals surface area contributed by atoms with Gasteiger partial charge in [0.2, 0.25) is 0 Å². The summed E-state index contributed by atoms with van der Waals surface area (Å²) in [6.07, 6.45) is 0. The van der Waals surface area contributed by atoms with E-state index in [1.165, 1.54) is 5.56 Å². The second-order valence-electron chi connectivity index (χ2n) is 6.06. The minimum absolute atomic E-state index is 0.0469. The third kappa shape index (κ3) is 5.61. The average Bonchev–Trinajstić information content (AvgIpc) is 2.41. The second-order valence-corrected chi connectivity index (χ2v) is 6.06. The Morgan fingerprint density at radius 2 is 1.85 bits per heavy atom. The van der Waals surface area contributed by atoms with Crippen molar-refractivity contribution in [2.75, 3.05) is 20.2 Å². The molecule has 0 aliphatic carbocycles. The summed E-state index contributed by atoms with van der Waals surface area (Å²) >= 11 is 0. The Hall–Kier alpha value is -1.55. The molecule has 1 amide bonds. The number of amides is 1. The van der Waals surface area contributed by atoms with Gasteiger partial charge in [-0.3, -0.25) is 4.79 Å². The first-order valence-corrected chi connectivity index (χ1v) is 7.00. The van der Waals surface area contributed by atoms with Crippen LogP contribution in [0, 0.1) is 0 Å². The van der Waals surface area contributed by atoms with Crippen molar-refractivity contribution in [3.8, 4) is 5.75 Å². The largest absolute Gasteiger partial charge is 0.484 e. The average molecular weight is 278 g/mol. The summed E-state index contributed by atoms with van der Waals surface area (Å²) in [4.78, 5) is 11.6. The van der Waals surface area contributed by atoms with Crippen LogP contribution in [-0.4, -0.2) is 32.1 Å². The molecule has 0 aromatic heterocycles. The third-order valence-corrected chi connectivity index (χ3v) is 3.19. The van der Waals surface area contributed by atoms with Crippen LogP contribution < -0.4 is 15.4 Å². The molecule has 0 bridgehead atoms. The molecule has 4 heteroatoms. The lowest BCUT2D eigenvalue weighted by molar-refractivity contribution is -0.123. The van der Waals surface area contributed by atoms with Gasteiger partial charge in [-0.05, 0) is 37.1 Å². The molecule has 1 aromatic carbocycles. The number of likely N-dealkylation sites (N-methyl/N-ethyl adjacent to an activating group) is 1. The number of rotatable bonds is 6. The highest BCUT2D eigenvalue weighted by atomic mass is 16.5. The Labute approximate surface area is 121 Å². The second kappa shape index (κ2) is 7.29. The summed E-state index contributed by atoms with van der Waals surface area (Å²) in [5, 5.41) is 5.87. The van der Waals surface area contributed by atoms with E-state index in [2.05, 4.69) is 31.4 Å². The zero-order chi connectivity index (χ0) is 15.2. The van der Waals surface area contributed by atoms with Crippen LogP contribution in [0.25, 0.3) is 0 Å². The van der Waals surface area contributed by atoms with Crippen LogP contribution >= 0.6 is 0 Å². The molecule has 1 atom stereocenters. The van der Waals surface area contributed by atoms with E-state index >= 15 is 0 Å². The standard InChI is InChI=1S/C16H26N2O2/c1-12(17-5)10-18-15(19)11-20-14-8-6-13(7-9-14)16(2,3)4/h6-9,12,17H,10-11H2,1-5H3,(H,18,19). The van der Waals surface area contributed by atoms with Gasteiger partial charge in [-0.2, -0.15) is 0 Å². The predicted octanol–water partition coefficient (Wildman–Crippen LogP) is 2.09. The number of hydrogen-bond donors (Lipinski definition) is 2. The molecular weight excluding hydrogens is 252 g/mol. The van der Waals surface area contributed by atoms with E-state index in [-0.39, 0.29) is 24.0 Å². The van der Waals surface area contributed by atoms with Crippen LogP contribution in [0.2, 0.25) is 0 Å². The lowest BCUT2D eigenvalue weighted by atomic mass is 9.87. The summed E-state index contributed by atoms with van der Waals surface area (Å²) in [7, 11) is 1.87. The maximum absolute atomic E-state index is 11.6.